The molecule has 17 aromatic rings. The topological polar surface area (TPSA) is 8.82 Å². The lowest BCUT2D eigenvalue weighted by Gasteiger charge is -2.34. The minimum Gasteiger partial charge on any atom is -0.307 e. The molecule has 17 rings (SSSR count). The summed E-state index contributed by atoms with van der Waals surface area (Å²) in [6.07, 6.45) is 0. The van der Waals surface area contributed by atoms with Crippen LogP contribution in [0.1, 0.15) is 0 Å². The molecule has 2 nitrogen and oxygen atoms in total. The maximum absolute atomic E-state index is 2.92. The van der Waals surface area contributed by atoms with E-state index < -0.39 is 16.1 Å². The molecule has 4 heteroatoms. The molecule has 382 valence electrons. The van der Waals surface area contributed by atoms with Crippen LogP contribution in [0.5, 0.6) is 0 Å². The van der Waals surface area contributed by atoms with Crippen LogP contribution in [0.25, 0.3) is 98.4 Å². The van der Waals surface area contributed by atoms with E-state index in [0.717, 1.165) is 0 Å². The molecular formula is C78H52N2Si2. The molecule has 0 saturated heterocycles. The highest BCUT2D eigenvalue weighted by molar-refractivity contribution is 7.20. The van der Waals surface area contributed by atoms with Crippen molar-refractivity contribution in [3.63, 3.8) is 0 Å². The molecule has 4 aromatic heterocycles. The Hall–Kier alpha value is -10.1. The Labute approximate surface area is 477 Å². The second kappa shape index (κ2) is 18.2. The van der Waals surface area contributed by atoms with Gasteiger partial charge in [-0.1, -0.05) is 303 Å². The minimum absolute atomic E-state index is 1.20. The average molecular weight is 1070 g/mol. The SMILES string of the molecule is c1ccc(-c2c3c4cccc5c6ccc([Si](c7ccccc7)(c7ccccc7)c7ccccc7)cc6n(c3c(-c3ccccc3)c3c6cccc7c8ccc([Si](c9ccccc9)(c9ccccc9)c9ccccc9)cc8n(c23)c76)c54)cc1. The molecule has 82 heavy (non-hydrogen) atoms. The molecule has 0 radical (unpaired) electrons. The summed E-state index contributed by atoms with van der Waals surface area (Å²) in [4.78, 5) is 0. The zero-order chi connectivity index (χ0) is 53.9. The first-order valence-corrected chi connectivity index (χ1v) is 32.6. The smallest absolute Gasteiger partial charge is 0.179 e. The zero-order valence-corrected chi connectivity index (χ0v) is 46.9. The Balaban J connectivity index is 1.08. The predicted octanol–water partition coefficient (Wildman–Crippen LogP) is 14.1. The third-order valence-corrected chi connectivity index (χ3v) is 27.8. The van der Waals surface area contributed by atoms with Gasteiger partial charge in [-0.05, 0) is 64.8 Å². The second-order valence-electron chi connectivity index (χ2n) is 22.2. The molecule has 0 aliphatic carbocycles. The fraction of sp³-hybridized carbons (Fsp3) is 0. The molecule has 0 fully saturated rings. The third-order valence-electron chi connectivity index (χ3n) is 18.2. The average Bonchev–Trinajstić information content (AvgIpc) is 4.31. The molecule has 0 unspecified atom stereocenters. The Morgan fingerprint density at radius 3 is 0.756 bits per heavy atom. The summed E-state index contributed by atoms with van der Waals surface area (Å²) in [5, 5.41) is 21.0. The van der Waals surface area contributed by atoms with Gasteiger partial charge in [-0.15, -0.1) is 0 Å². The Bertz CT molecular complexity index is 4690. The zero-order valence-electron chi connectivity index (χ0n) is 44.9. The van der Waals surface area contributed by atoms with E-state index in [9.17, 15) is 0 Å². The van der Waals surface area contributed by atoms with Crippen LogP contribution in [0.2, 0.25) is 0 Å². The van der Waals surface area contributed by atoms with E-state index >= 15 is 0 Å². The molecule has 0 N–H and O–H groups in total. The second-order valence-corrected chi connectivity index (χ2v) is 29.8. The number of hydrogen-bond acceptors (Lipinski definition) is 0. The monoisotopic (exact) mass is 1070 g/mol. The van der Waals surface area contributed by atoms with Crippen molar-refractivity contribution in [1.82, 2.24) is 8.80 Å². The van der Waals surface area contributed by atoms with Gasteiger partial charge in [0.25, 0.3) is 0 Å². The van der Waals surface area contributed by atoms with E-state index in [4.69, 9.17) is 0 Å². The van der Waals surface area contributed by atoms with Crippen LogP contribution in [-0.2, 0) is 0 Å². The first-order chi connectivity index (χ1) is 40.7. The van der Waals surface area contributed by atoms with Crippen LogP contribution < -0.4 is 41.5 Å². The van der Waals surface area contributed by atoms with Gasteiger partial charge < -0.3 is 8.80 Å². The van der Waals surface area contributed by atoms with Crippen LogP contribution in [-0.4, -0.2) is 24.9 Å². The first kappa shape index (κ1) is 46.8. The summed E-state index contributed by atoms with van der Waals surface area (Å²) in [6, 6.07) is 120. The largest absolute Gasteiger partial charge is 0.307 e. The number of hydrogen-bond donors (Lipinski definition) is 0. The molecular weight excluding hydrogens is 1020 g/mol. The van der Waals surface area contributed by atoms with Crippen LogP contribution >= 0.6 is 0 Å². The summed E-state index contributed by atoms with van der Waals surface area (Å²) in [5.74, 6) is 0. The molecule has 13 aromatic carbocycles. The number of nitrogens with zero attached hydrogens (tertiary/aromatic N) is 2. The molecule has 0 aliphatic rings. The fourth-order valence-electron chi connectivity index (χ4n) is 15.1. The maximum Gasteiger partial charge on any atom is 0.179 e. The van der Waals surface area contributed by atoms with Gasteiger partial charge >= 0.3 is 0 Å². The van der Waals surface area contributed by atoms with Gasteiger partial charge in [-0.25, -0.2) is 0 Å². The van der Waals surface area contributed by atoms with Crippen molar-refractivity contribution in [2.75, 3.05) is 0 Å². The van der Waals surface area contributed by atoms with Crippen molar-refractivity contribution in [3.8, 4) is 22.3 Å². The van der Waals surface area contributed by atoms with Crippen molar-refractivity contribution in [2.45, 2.75) is 0 Å². The lowest BCUT2D eigenvalue weighted by molar-refractivity contribution is 1.36. The van der Waals surface area contributed by atoms with E-state index in [1.807, 2.05) is 0 Å². The summed E-state index contributed by atoms with van der Waals surface area (Å²) in [7, 11) is -5.85. The number of para-hydroxylation sites is 2. The van der Waals surface area contributed by atoms with Gasteiger partial charge in [-0.3, -0.25) is 0 Å². The van der Waals surface area contributed by atoms with Gasteiger partial charge in [0.2, 0.25) is 0 Å². The Morgan fingerprint density at radius 2 is 0.463 bits per heavy atom. The molecule has 0 bridgehead atoms. The molecule has 0 amide bonds. The molecule has 0 saturated carbocycles. The van der Waals surface area contributed by atoms with E-state index in [0.29, 0.717) is 0 Å². The van der Waals surface area contributed by atoms with Crippen LogP contribution in [0.15, 0.2) is 315 Å². The molecule has 0 spiro atoms. The van der Waals surface area contributed by atoms with Gasteiger partial charge in [0.15, 0.2) is 16.1 Å². The van der Waals surface area contributed by atoms with Crippen LogP contribution in [0.4, 0.5) is 0 Å². The summed E-state index contributed by atoms with van der Waals surface area (Å²) >= 11 is 0. The van der Waals surface area contributed by atoms with E-state index in [1.54, 1.807) is 0 Å². The van der Waals surface area contributed by atoms with Gasteiger partial charge in [0, 0.05) is 54.2 Å². The number of rotatable bonds is 10. The predicted molar refractivity (Wildman–Crippen MR) is 354 cm³/mol. The van der Waals surface area contributed by atoms with Crippen LogP contribution in [0, 0.1) is 0 Å². The standard InChI is InChI=1S/C78H52N2Si2/c1-9-27-53(28-10-1)71-73-67-45-25-43-65-64-50-48-62(82(58-37-19-6-20-38-58,59-39-21-7-22-40-59)60-41-23-8-24-42-60)52-70(64)80(75(65)67)78(73)72(54-29-11-2-12-30-54)74-68-46-26-44-66-63-49-47-61(51-69(63)79(76(66)68)77(71)74)81(55-31-13-3-14-32-55,56-33-15-4-16-34-56)57-35-17-5-18-36-57/h1-52H. The summed E-state index contributed by atoms with van der Waals surface area (Å²) in [5.41, 5.74) is 12.4. The van der Waals surface area contributed by atoms with E-state index in [-0.39, 0.29) is 0 Å². The van der Waals surface area contributed by atoms with Crippen molar-refractivity contribution < 1.29 is 0 Å². The highest BCUT2D eigenvalue weighted by Gasteiger charge is 2.44. The van der Waals surface area contributed by atoms with Crippen LogP contribution in [0.3, 0.4) is 0 Å². The summed E-state index contributed by atoms with van der Waals surface area (Å²) < 4.78 is 5.38. The van der Waals surface area contributed by atoms with Crippen molar-refractivity contribution in [3.05, 3.63) is 315 Å². The Morgan fingerprint density at radius 1 is 0.195 bits per heavy atom. The third kappa shape index (κ3) is 6.39. The van der Waals surface area contributed by atoms with Gasteiger partial charge in [0.1, 0.15) is 0 Å². The quantitative estimate of drug-likeness (QED) is 0.0953. The highest BCUT2D eigenvalue weighted by Crippen LogP contribution is 2.54. The lowest BCUT2D eigenvalue weighted by atomic mass is 9.89. The van der Waals surface area contributed by atoms with E-state index in [2.05, 4.69) is 324 Å². The van der Waals surface area contributed by atoms with E-state index in [1.165, 1.54) is 140 Å². The van der Waals surface area contributed by atoms with Crippen molar-refractivity contribution in [1.29, 1.82) is 0 Å². The number of benzene rings is 13. The molecule has 4 heterocycles. The van der Waals surface area contributed by atoms with Gasteiger partial charge in [0.05, 0.1) is 33.1 Å². The van der Waals surface area contributed by atoms with Gasteiger partial charge in [-0.2, -0.15) is 0 Å². The molecule has 0 atom stereocenters. The number of fused-ring (bicyclic) bond motifs is 12. The van der Waals surface area contributed by atoms with Crippen molar-refractivity contribution >= 4 is 134 Å². The number of aromatic nitrogens is 2. The minimum atomic E-state index is -2.92. The molecule has 0 aliphatic heterocycles. The maximum atomic E-state index is 2.69. The summed E-state index contributed by atoms with van der Waals surface area (Å²) in [6.45, 7) is 0. The normalized spacial score (nSPS) is 12.4. The van der Waals surface area contributed by atoms with Crippen molar-refractivity contribution in [2.24, 2.45) is 0 Å². The fourth-order valence-corrected chi connectivity index (χ4v) is 24.6. The first-order valence-electron chi connectivity index (χ1n) is 28.6. The highest BCUT2D eigenvalue weighted by atomic mass is 28.3. The Kier molecular flexibility index (Phi) is 10.4. The lowest BCUT2D eigenvalue weighted by Crippen LogP contribution is -2.74.